The van der Waals surface area contributed by atoms with Gasteiger partial charge in [-0.1, -0.05) is 6.58 Å². The number of carbonyl (C=O) groups excluding carboxylic acids is 1. The summed E-state index contributed by atoms with van der Waals surface area (Å²) < 4.78 is 4.43. The highest BCUT2D eigenvalue weighted by molar-refractivity contribution is 6.19. The summed E-state index contributed by atoms with van der Waals surface area (Å²) in [6, 6.07) is 0. The van der Waals surface area contributed by atoms with Crippen molar-refractivity contribution in [3.05, 3.63) is 12.3 Å². The van der Waals surface area contributed by atoms with E-state index in [1.54, 1.807) is 0 Å². The van der Waals surface area contributed by atoms with E-state index < -0.39 is 0 Å². The first-order chi connectivity index (χ1) is 3.66. The molecule has 0 fully saturated rings. The second-order valence-electron chi connectivity index (χ2n) is 1.27. The zero-order chi connectivity index (χ0) is 6.57. The van der Waals surface area contributed by atoms with Gasteiger partial charge in [-0.2, -0.15) is 0 Å². The topological polar surface area (TPSA) is 26.3 Å². The molecule has 0 unspecified atom stereocenters. The molecule has 0 heterocycles. The lowest BCUT2D eigenvalue weighted by atomic mass is 10.6. The van der Waals surface area contributed by atoms with Crippen molar-refractivity contribution in [3.8, 4) is 0 Å². The SMILES string of the molecule is C=C(CCl)OC(C)=O. The number of hydrogen-bond acceptors (Lipinski definition) is 2. The van der Waals surface area contributed by atoms with Gasteiger partial charge in [-0.25, -0.2) is 0 Å². The van der Waals surface area contributed by atoms with Crippen molar-refractivity contribution in [2.45, 2.75) is 6.92 Å². The molecule has 0 aromatic carbocycles. The van der Waals surface area contributed by atoms with Gasteiger partial charge >= 0.3 is 5.97 Å². The molecule has 0 amide bonds. The average molecular weight is 135 g/mol. The van der Waals surface area contributed by atoms with Crippen LogP contribution in [0.3, 0.4) is 0 Å². The largest absolute Gasteiger partial charge is 0.431 e. The number of allylic oxidation sites excluding steroid dienone is 1. The van der Waals surface area contributed by atoms with Crippen molar-refractivity contribution in [2.75, 3.05) is 5.88 Å². The molecule has 8 heavy (non-hydrogen) atoms. The Morgan fingerprint density at radius 1 is 1.88 bits per heavy atom. The molecule has 0 aromatic heterocycles. The minimum absolute atomic E-state index is 0.166. The summed E-state index contributed by atoms with van der Waals surface area (Å²) in [6.45, 7) is 4.64. The molecule has 2 nitrogen and oxygen atoms in total. The predicted molar refractivity (Wildman–Crippen MR) is 31.6 cm³/mol. The summed E-state index contributed by atoms with van der Waals surface area (Å²) in [6.07, 6.45) is 0. The van der Waals surface area contributed by atoms with Crippen LogP contribution < -0.4 is 0 Å². The fraction of sp³-hybridized carbons (Fsp3) is 0.400. The molecule has 3 heteroatoms. The highest BCUT2D eigenvalue weighted by atomic mass is 35.5. The Kier molecular flexibility index (Phi) is 3.28. The second-order valence-corrected chi connectivity index (χ2v) is 1.53. The number of halogens is 1. The Bertz CT molecular complexity index is 109. The highest BCUT2D eigenvalue weighted by Gasteiger charge is 1.93. The van der Waals surface area contributed by atoms with Crippen molar-refractivity contribution in [2.24, 2.45) is 0 Å². The molecule has 0 aliphatic carbocycles. The third kappa shape index (κ3) is 3.68. The highest BCUT2D eigenvalue weighted by Crippen LogP contribution is 1.95. The molecule has 0 aliphatic rings. The maximum Gasteiger partial charge on any atom is 0.307 e. The van der Waals surface area contributed by atoms with Gasteiger partial charge in [0.05, 0.1) is 5.88 Å². The molecule has 46 valence electrons. The fourth-order valence-electron chi connectivity index (χ4n) is 0.231. The van der Waals surface area contributed by atoms with Crippen LogP contribution in [0, 0.1) is 0 Å². The number of alkyl halides is 1. The molecule has 0 bridgehead atoms. The smallest absolute Gasteiger partial charge is 0.307 e. The maximum absolute atomic E-state index is 10.1. The van der Waals surface area contributed by atoms with Gasteiger partial charge in [0.1, 0.15) is 5.76 Å². The Hall–Kier alpha value is -0.500. The Balaban J connectivity index is 3.40. The zero-order valence-electron chi connectivity index (χ0n) is 4.61. The summed E-state index contributed by atoms with van der Waals surface area (Å²) in [5.41, 5.74) is 0. The molecule has 0 radical (unpaired) electrons. The van der Waals surface area contributed by atoms with Gasteiger partial charge in [0.15, 0.2) is 0 Å². The molecule has 0 atom stereocenters. The van der Waals surface area contributed by atoms with E-state index in [0.29, 0.717) is 5.76 Å². The van der Waals surface area contributed by atoms with Gasteiger partial charge in [0.25, 0.3) is 0 Å². The van der Waals surface area contributed by atoms with E-state index in [1.807, 2.05) is 0 Å². The first-order valence-corrected chi connectivity index (χ1v) is 2.62. The van der Waals surface area contributed by atoms with Crippen LogP contribution in [0.4, 0.5) is 0 Å². The molecular weight excluding hydrogens is 128 g/mol. The third-order valence-corrected chi connectivity index (χ3v) is 0.735. The summed E-state index contributed by atoms with van der Waals surface area (Å²) in [5.74, 6) is 0.0781. The second kappa shape index (κ2) is 3.50. The van der Waals surface area contributed by atoms with Gasteiger partial charge in [-0.3, -0.25) is 4.79 Å². The van der Waals surface area contributed by atoms with Gasteiger partial charge in [0, 0.05) is 6.92 Å². The van der Waals surface area contributed by atoms with Gasteiger partial charge in [-0.15, -0.1) is 11.6 Å². The molecule has 0 saturated heterocycles. The monoisotopic (exact) mass is 134 g/mol. The van der Waals surface area contributed by atoms with E-state index in [9.17, 15) is 4.79 Å². The lowest BCUT2D eigenvalue weighted by molar-refractivity contribution is -0.136. The van der Waals surface area contributed by atoms with Crippen LogP contribution in [-0.4, -0.2) is 11.8 Å². The fourth-order valence-corrected chi connectivity index (χ4v) is 0.285. The van der Waals surface area contributed by atoms with E-state index >= 15 is 0 Å². The van der Waals surface area contributed by atoms with Crippen molar-refractivity contribution in [1.29, 1.82) is 0 Å². The number of rotatable bonds is 2. The van der Waals surface area contributed by atoms with E-state index in [-0.39, 0.29) is 11.8 Å². The van der Waals surface area contributed by atoms with Crippen molar-refractivity contribution < 1.29 is 9.53 Å². The van der Waals surface area contributed by atoms with Crippen LogP contribution in [0.15, 0.2) is 12.3 Å². The van der Waals surface area contributed by atoms with Crippen molar-refractivity contribution in [3.63, 3.8) is 0 Å². The van der Waals surface area contributed by atoms with Gasteiger partial charge in [0.2, 0.25) is 0 Å². The Morgan fingerprint density at radius 2 is 2.38 bits per heavy atom. The summed E-state index contributed by atoms with van der Waals surface area (Å²) >= 11 is 5.22. The lowest BCUT2D eigenvalue weighted by Gasteiger charge is -1.97. The summed E-state index contributed by atoms with van der Waals surface area (Å²) in [4.78, 5) is 10.1. The van der Waals surface area contributed by atoms with E-state index in [0.717, 1.165) is 0 Å². The molecular formula is C5H7ClO2. The van der Waals surface area contributed by atoms with Gasteiger partial charge < -0.3 is 4.74 Å². The zero-order valence-corrected chi connectivity index (χ0v) is 5.36. The van der Waals surface area contributed by atoms with Crippen LogP contribution in [0.25, 0.3) is 0 Å². The van der Waals surface area contributed by atoms with Crippen LogP contribution in [0.2, 0.25) is 0 Å². The normalized spacial score (nSPS) is 8.25. The Labute approximate surface area is 53.1 Å². The standard InChI is InChI=1S/C5H7ClO2/c1-4(3-6)8-5(2)7/h1,3H2,2H3. The molecule has 0 aromatic rings. The van der Waals surface area contributed by atoms with Crippen LogP contribution in [0.1, 0.15) is 6.92 Å². The molecule has 0 N–H and O–H groups in total. The van der Waals surface area contributed by atoms with Crippen molar-refractivity contribution >= 4 is 17.6 Å². The minimum Gasteiger partial charge on any atom is -0.431 e. The first-order valence-electron chi connectivity index (χ1n) is 2.09. The van der Waals surface area contributed by atoms with Gasteiger partial charge in [-0.05, 0) is 0 Å². The van der Waals surface area contributed by atoms with Crippen LogP contribution in [0.5, 0.6) is 0 Å². The molecule has 0 rings (SSSR count). The molecule has 0 saturated carbocycles. The van der Waals surface area contributed by atoms with Crippen LogP contribution >= 0.6 is 11.6 Å². The first kappa shape index (κ1) is 7.50. The lowest BCUT2D eigenvalue weighted by Crippen LogP contribution is -1.97. The number of carbonyl (C=O) groups is 1. The maximum atomic E-state index is 10.1. The summed E-state index contributed by atoms with van der Waals surface area (Å²) in [7, 11) is 0. The summed E-state index contributed by atoms with van der Waals surface area (Å²) in [5, 5.41) is 0. The number of ether oxygens (including phenoxy) is 1. The predicted octanol–water partition coefficient (Wildman–Crippen LogP) is 1.30. The number of esters is 1. The van der Waals surface area contributed by atoms with E-state index in [1.165, 1.54) is 6.92 Å². The molecule has 0 aliphatic heterocycles. The number of hydrogen-bond donors (Lipinski definition) is 0. The van der Waals surface area contributed by atoms with E-state index in [4.69, 9.17) is 11.6 Å². The average Bonchev–Trinajstić information content (AvgIpc) is 1.65. The van der Waals surface area contributed by atoms with E-state index in [2.05, 4.69) is 11.3 Å². The minimum atomic E-state index is -0.379. The quantitative estimate of drug-likeness (QED) is 0.323. The molecule has 0 spiro atoms. The van der Waals surface area contributed by atoms with Crippen LogP contribution in [-0.2, 0) is 9.53 Å². The van der Waals surface area contributed by atoms with Crippen molar-refractivity contribution in [1.82, 2.24) is 0 Å². The third-order valence-electron chi connectivity index (χ3n) is 0.437. The Morgan fingerprint density at radius 3 is 2.50 bits per heavy atom.